The van der Waals surface area contributed by atoms with Gasteiger partial charge in [-0.3, -0.25) is 4.79 Å². The molecule has 2 aliphatic rings. The minimum atomic E-state index is -0.773. The summed E-state index contributed by atoms with van der Waals surface area (Å²) in [5, 5.41) is 2.47. The number of nitrogens with one attached hydrogen (secondary N) is 1. The zero-order valence-corrected chi connectivity index (χ0v) is 24.8. The molecular formula is C33H35F3N2O6. The van der Waals surface area contributed by atoms with Gasteiger partial charge in [0.1, 0.15) is 28.8 Å². The van der Waals surface area contributed by atoms with Crippen molar-refractivity contribution in [3.05, 3.63) is 88.7 Å². The maximum absolute atomic E-state index is 14.9. The molecule has 1 N–H and O–H groups in total. The van der Waals surface area contributed by atoms with Crippen molar-refractivity contribution >= 4 is 12.0 Å². The first-order chi connectivity index (χ1) is 21.0. The Balaban J connectivity index is 1.31. The zero-order valence-electron chi connectivity index (χ0n) is 24.8. The minimum Gasteiger partial charge on any atom is -0.493 e. The van der Waals surface area contributed by atoms with Crippen LogP contribution in [-0.4, -0.2) is 49.0 Å². The molecule has 0 aliphatic carbocycles. The Morgan fingerprint density at radius 3 is 2.48 bits per heavy atom. The van der Waals surface area contributed by atoms with Gasteiger partial charge in [-0.15, -0.1) is 0 Å². The SMILES string of the molecule is CC(C)(C)OC(=O)N1CC[C@@H](c2ccc(F)c(CC(=O)NCc3c(F)cccc3F)c2)[C@@H](COc2ccc3c(c2)OCO3)C1. The maximum atomic E-state index is 14.9. The van der Waals surface area contributed by atoms with Crippen molar-refractivity contribution in [1.29, 1.82) is 0 Å². The Morgan fingerprint density at radius 1 is 0.977 bits per heavy atom. The van der Waals surface area contributed by atoms with E-state index in [-0.39, 0.29) is 49.3 Å². The highest BCUT2D eigenvalue weighted by Crippen LogP contribution is 2.38. The molecule has 3 aromatic rings. The van der Waals surface area contributed by atoms with Crippen LogP contribution in [0.1, 0.15) is 49.8 Å². The molecule has 3 aromatic carbocycles. The van der Waals surface area contributed by atoms with E-state index in [9.17, 15) is 22.8 Å². The number of hydrogen-bond donors (Lipinski definition) is 1. The predicted molar refractivity (Wildman–Crippen MR) is 155 cm³/mol. The Kier molecular flexibility index (Phi) is 9.22. The van der Waals surface area contributed by atoms with Crippen LogP contribution in [0, 0.1) is 23.4 Å². The fraction of sp³-hybridized carbons (Fsp3) is 0.394. The number of halogens is 3. The number of amides is 2. The van der Waals surface area contributed by atoms with Crippen molar-refractivity contribution in [2.24, 2.45) is 5.92 Å². The summed E-state index contributed by atoms with van der Waals surface area (Å²) in [6.45, 7) is 6.20. The molecule has 2 amide bonds. The third kappa shape index (κ3) is 7.56. The van der Waals surface area contributed by atoms with Gasteiger partial charge in [0.15, 0.2) is 11.5 Å². The molecule has 8 nitrogen and oxygen atoms in total. The molecule has 0 unspecified atom stereocenters. The second-order valence-electron chi connectivity index (χ2n) is 11.9. The zero-order chi connectivity index (χ0) is 31.4. The summed E-state index contributed by atoms with van der Waals surface area (Å²) in [4.78, 5) is 27.2. The number of rotatable bonds is 8. The number of ether oxygens (including phenoxy) is 4. The van der Waals surface area contributed by atoms with Gasteiger partial charge >= 0.3 is 6.09 Å². The van der Waals surface area contributed by atoms with Crippen LogP contribution < -0.4 is 19.5 Å². The van der Waals surface area contributed by atoms with Gasteiger partial charge in [-0.05, 0) is 74.6 Å². The number of fused-ring (bicyclic) bond motifs is 1. The first-order valence-electron chi connectivity index (χ1n) is 14.4. The summed E-state index contributed by atoms with van der Waals surface area (Å²) in [7, 11) is 0. The van der Waals surface area contributed by atoms with E-state index in [0.29, 0.717) is 36.8 Å². The molecule has 2 heterocycles. The van der Waals surface area contributed by atoms with Crippen molar-refractivity contribution in [3.8, 4) is 17.2 Å². The lowest BCUT2D eigenvalue weighted by atomic mass is 9.80. The van der Waals surface area contributed by atoms with Gasteiger partial charge in [0.05, 0.1) is 13.0 Å². The number of hydrogen-bond acceptors (Lipinski definition) is 6. The second-order valence-corrected chi connectivity index (χ2v) is 11.9. The molecule has 0 bridgehead atoms. The molecule has 5 rings (SSSR count). The summed E-state index contributed by atoms with van der Waals surface area (Å²) in [5.74, 6) is -1.23. The van der Waals surface area contributed by atoms with E-state index in [1.54, 1.807) is 56.0 Å². The average Bonchev–Trinajstić information content (AvgIpc) is 3.44. The summed E-state index contributed by atoms with van der Waals surface area (Å²) >= 11 is 0. The molecule has 1 saturated heterocycles. The van der Waals surface area contributed by atoms with Crippen LogP contribution in [0.3, 0.4) is 0 Å². The molecule has 2 aliphatic heterocycles. The monoisotopic (exact) mass is 612 g/mol. The third-order valence-electron chi connectivity index (χ3n) is 7.57. The maximum Gasteiger partial charge on any atom is 0.410 e. The standard InChI is InChI=1S/C33H35F3N2O6/c1-33(2,3)44-32(40)38-12-11-24(22(17-38)18-41-23-8-10-29-30(15-23)43-19-42-29)20-7-9-26(34)21(13-20)14-31(39)37-16-25-27(35)5-4-6-28(25)36/h4-10,13,15,22,24H,11-12,14,16-19H2,1-3H3,(H,37,39)/t22-,24+/m1/s1. The summed E-state index contributed by atoms with van der Waals surface area (Å²) in [6, 6.07) is 13.4. The Labute approximate surface area is 254 Å². The quantitative estimate of drug-likeness (QED) is 0.331. The van der Waals surface area contributed by atoms with E-state index in [4.69, 9.17) is 18.9 Å². The molecule has 0 saturated carbocycles. The van der Waals surface area contributed by atoms with Crippen molar-refractivity contribution in [1.82, 2.24) is 10.2 Å². The topological polar surface area (TPSA) is 86.3 Å². The number of carbonyl (C=O) groups excluding carboxylic acids is 2. The first kappa shape index (κ1) is 31.0. The van der Waals surface area contributed by atoms with Crippen molar-refractivity contribution in [3.63, 3.8) is 0 Å². The van der Waals surface area contributed by atoms with Crippen molar-refractivity contribution in [2.75, 3.05) is 26.5 Å². The predicted octanol–water partition coefficient (Wildman–Crippen LogP) is 6.11. The molecule has 0 spiro atoms. The Morgan fingerprint density at radius 2 is 1.73 bits per heavy atom. The van der Waals surface area contributed by atoms with E-state index >= 15 is 0 Å². The Hall–Kier alpha value is -4.41. The van der Waals surface area contributed by atoms with Gasteiger partial charge in [-0.2, -0.15) is 0 Å². The largest absolute Gasteiger partial charge is 0.493 e. The number of piperidine rings is 1. The van der Waals surface area contributed by atoms with E-state index in [1.165, 1.54) is 12.1 Å². The normalized spacial score (nSPS) is 17.7. The minimum absolute atomic E-state index is 0.127. The van der Waals surface area contributed by atoms with Crippen LogP contribution in [0.15, 0.2) is 54.6 Å². The summed E-state index contributed by atoms with van der Waals surface area (Å²) in [5.41, 5.74) is 0.0188. The van der Waals surface area contributed by atoms with Crippen LogP contribution in [0.2, 0.25) is 0 Å². The molecular weight excluding hydrogens is 577 g/mol. The Bertz CT molecular complexity index is 1510. The van der Waals surface area contributed by atoms with Crippen LogP contribution in [0.25, 0.3) is 0 Å². The number of carbonyl (C=O) groups is 2. The molecule has 0 radical (unpaired) electrons. The van der Waals surface area contributed by atoms with E-state index in [1.807, 2.05) is 0 Å². The summed E-state index contributed by atoms with van der Waals surface area (Å²) in [6.07, 6.45) is -0.185. The highest BCUT2D eigenvalue weighted by Gasteiger charge is 2.35. The molecule has 234 valence electrons. The lowest BCUT2D eigenvalue weighted by Crippen LogP contribution is -2.46. The number of likely N-dealkylation sites (tertiary alicyclic amines) is 1. The number of nitrogens with zero attached hydrogens (tertiary/aromatic N) is 1. The van der Waals surface area contributed by atoms with Gasteiger partial charge in [-0.1, -0.05) is 18.2 Å². The van der Waals surface area contributed by atoms with Gasteiger partial charge < -0.3 is 29.2 Å². The van der Waals surface area contributed by atoms with Crippen molar-refractivity contribution < 1.29 is 41.7 Å². The summed E-state index contributed by atoms with van der Waals surface area (Å²) < 4.78 is 65.4. The highest BCUT2D eigenvalue weighted by atomic mass is 19.1. The lowest BCUT2D eigenvalue weighted by Gasteiger charge is -2.39. The fourth-order valence-electron chi connectivity index (χ4n) is 5.39. The molecule has 11 heteroatoms. The molecule has 2 atom stereocenters. The second kappa shape index (κ2) is 13.1. The van der Waals surface area contributed by atoms with Crippen LogP contribution in [0.5, 0.6) is 17.2 Å². The third-order valence-corrected chi connectivity index (χ3v) is 7.57. The first-order valence-corrected chi connectivity index (χ1v) is 14.4. The fourth-order valence-corrected chi connectivity index (χ4v) is 5.39. The van der Waals surface area contributed by atoms with Crippen LogP contribution in [0.4, 0.5) is 18.0 Å². The lowest BCUT2D eigenvalue weighted by molar-refractivity contribution is -0.120. The van der Waals surface area contributed by atoms with Gasteiger partial charge in [-0.25, -0.2) is 18.0 Å². The van der Waals surface area contributed by atoms with E-state index < -0.39 is 35.1 Å². The smallest absolute Gasteiger partial charge is 0.410 e. The van der Waals surface area contributed by atoms with Gasteiger partial charge in [0, 0.05) is 37.2 Å². The van der Waals surface area contributed by atoms with Crippen LogP contribution >= 0.6 is 0 Å². The van der Waals surface area contributed by atoms with Crippen LogP contribution in [-0.2, 0) is 22.5 Å². The molecule has 1 fully saturated rings. The van der Waals surface area contributed by atoms with E-state index in [2.05, 4.69) is 5.32 Å². The van der Waals surface area contributed by atoms with Crippen molar-refractivity contribution in [2.45, 2.75) is 51.7 Å². The molecule has 0 aromatic heterocycles. The van der Waals surface area contributed by atoms with Gasteiger partial charge in [0.25, 0.3) is 0 Å². The van der Waals surface area contributed by atoms with Gasteiger partial charge in [0.2, 0.25) is 12.7 Å². The number of benzene rings is 3. The average molecular weight is 613 g/mol. The highest BCUT2D eigenvalue weighted by molar-refractivity contribution is 5.78. The molecule has 44 heavy (non-hydrogen) atoms. The van der Waals surface area contributed by atoms with E-state index in [0.717, 1.165) is 17.7 Å².